The maximum absolute atomic E-state index is 12.6. The number of amides is 1. The fraction of sp³-hybridized carbons (Fsp3) is 0.0870. The molecule has 12 heteroatoms. The molecular weight excluding hydrogens is 527 g/mol. The van der Waals surface area contributed by atoms with Gasteiger partial charge in [-0.1, -0.05) is 41.5 Å². The highest BCUT2D eigenvalue weighted by molar-refractivity contribution is 7.80. The molecule has 176 valence electrons. The van der Waals surface area contributed by atoms with Gasteiger partial charge < -0.3 is 9.73 Å². The summed E-state index contributed by atoms with van der Waals surface area (Å²) in [6.07, 6.45) is 0.755. The van der Waals surface area contributed by atoms with Gasteiger partial charge in [0.25, 0.3) is 5.91 Å². The molecule has 0 aliphatic carbocycles. The lowest BCUT2D eigenvalue weighted by molar-refractivity contribution is 0.0951. The monoisotopic (exact) mass is 542 g/mol. The highest BCUT2D eigenvalue weighted by Crippen LogP contribution is 2.31. The van der Waals surface area contributed by atoms with Crippen molar-refractivity contribution in [2.75, 3.05) is 5.32 Å². The van der Waals surface area contributed by atoms with Gasteiger partial charge >= 0.3 is 0 Å². The summed E-state index contributed by atoms with van der Waals surface area (Å²) in [5.41, 5.74) is 2.28. The molecule has 2 aromatic carbocycles. The number of furan rings is 1. The van der Waals surface area contributed by atoms with Crippen LogP contribution in [0.5, 0.6) is 0 Å². The van der Waals surface area contributed by atoms with Gasteiger partial charge in [-0.2, -0.15) is 9.61 Å². The first-order valence-corrected chi connectivity index (χ1v) is 12.4. The lowest BCUT2D eigenvalue weighted by atomic mass is 10.2. The van der Waals surface area contributed by atoms with Crippen molar-refractivity contribution in [1.82, 2.24) is 25.1 Å². The van der Waals surface area contributed by atoms with Crippen LogP contribution in [0.15, 0.2) is 59.0 Å². The van der Waals surface area contributed by atoms with Crippen LogP contribution in [0.25, 0.3) is 26.9 Å². The second kappa shape index (κ2) is 9.74. The minimum Gasteiger partial charge on any atom is -0.451 e. The third-order valence-corrected chi connectivity index (χ3v) is 6.71. The second-order valence-electron chi connectivity index (χ2n) is 7.35. The largest absolute Gasteiger partial charge is 0.451 e. The standard InChI is InChI=1S/C23H16Cl2N6O2S2/c1-2-19-28-29-23-31(19)30-21(35-23)12-3-6-14(7-4-12)26-22(34)27-20(32)18-10-9-17(33-18)15-8-5-13(24)11-16(15)25/h3-11H,2H2,1H3,(H2,26,27,32,34). The molecule has 35 heavy (non-hydrogen) atoms. The summed E-state index contributed by atoms with van der Waals surface area (Å²) in [6, 6.07) is 15.8. The number of benzene rings is 2. The molecule has 0 aliphatic rings. The lowest BCUT2D eigenvalue weighted by Gasteiger charge is -2.09. The number of carbonyl (C=O) groups excluding carboxylic acids is 1. The van der Waals surface area contributed by atoms with Gasteiger partial charge in [-0.05, 0) is 66.8 Å². The predicted molar refractivity (Wildman–Crippen MR) is 141 cm³/mol. The Hall–Kier alpha value is -3.31. The Morgan fingerprint density at radius 2 is 1.91 bits per heavy atom. The van der Waals surface area contributed by atoms with Crippen molar-refractivity contribution >= 4 is 68.4 Å². The fourth-order valence-electron chi connectivity index (χ4n) is 3.31. The van der Waals surface area contributed by atoms with Crippen LogP contribution < -0.4 is 10.6 Å². The van der Waals surface area contributed by atoms with Crippen molar-refractivity contribution in [3.05, 3.63) is 76.2 Å². The molecule has 3 heterocycles. The minimum absolute atomic E-state index is 0.0974. The number of hydrogen-bond acceptors (Lipinski definition) is 7. The van der Waals surface area contributed by atoms with Crippen molar-refractivity contribution < 1.29 is 9.21 Å². The van der Waals surface area contributed by atoms with Gasteiger partial charge in [0.1, 0.15) is 10.8 Å². The Morgan fingerprint density at radius 1 is 1.11 bits per heavy atom. The second-order valence-corrected chi connectivity index (χ2v) is 9.55. The molecule has 0 aliphatic heterocycles. The number of anilines is 1. The Balaban J connectivity index is 1.22. The highest BCUT2D eigenvalue weighted by atomic mass is 35.5. The van der Waals surface area contributed by atoms with Gasteiger partial charge in [-0.15, -0.1) is 10.2 Å². The topological polar surface area (TPSA) is 97.3 Å². The van der Waals surface area contributed by atoms with Crippen LogP contribution in [-0.2, 0) is 6.42 Å². The number of nitrogens with one attached hydrogen (secondary N) is 2. The van der Waals surface area contributed by atoms with Gasteiger partial charge in [0, 0.05) is 28.3 Å². The van der Waals surface area contributed by atoms with Crippen molar-refractivity contribution in [2.45, 2.75) is 13.3 Å². The maximum atomic E-state index is 12.6. The smallest absolute Gasteiger partial charge is 0.293 e. The molecule has 2 N–H and O–H groups in total. The number of aryl methyl sites for hydroxylation is 1. The average molecular weight is 543 g/mol. The van der Waals surface area contributed by atoms with Crippen LogP contribution in [0.4, 0.5) is 5.69 Å². The molecule has 0 fully saturated rings. The van der Waals surface area contributed by atoms with E-state index in [1.807, 2.05) is 31.2 Å². The number of thiocarbonyl (C=S) groups is 1. The summed E-state index contributed by atoms with van der Waals surface area (Å²) in [7, 11) is 0. The third-order valence-electron chi connectivity index (χ3n) is 5.01. The van der Waals surface area contributed by atoms with Crippen molar-refractivity contribution in [3.8, 4) is 21.9 Å². The van der Waals surface area contributed by atoms with E-state index in [1.54, 1.807) is 34.8 Å². The molecule has 0 spiro atoms. The summed E-state index contributed by atoms with van der Waals surface area (Å²) < 4.78 is 7.42. The van der Waals surface area contributed by atoms with E-state index >= 15 is 0 Å². The molecule has 0 saturated carbocycles. The van der Waals surface area contributed by atoms with Crippen LogP contribution in [0.3, 0.4) is 0 Å². The highest BCUT2D eigenvalue weighted by Gasteiger charge is 2.16. The molecule has 5 aromatic rings. The van der Waals surface area contributed by atoms with Gasteiger partial charge in [0.05, 0.1) is 5.02 Å². The van der Waals surface area contributed by atoms with E-state index in [0.29, 0.717) is 27.1 Å². The van der Waals surface area contributed by atoms with Crippen LogP contribution in [0, 0.1) is 0 Å². The molecular formula is C23H16Cl2N6O2S2. The number of fused-ring (bicyclic) bond motifs is 1. The predicted octanol–water partition coefficient (Wildman–Crippen LogP) is 6.11. The first-order valence-electron chi connectivity index (χ1n) is 10.4. The molecule has 0 unspecified atom stereocenters. The molecule has 5 rings (SSSR count). The van der Waals surface area contributed by atoms with Gasteiger partial charge in [-0.3, -0.25) is 10.1 Å². The number of nitrogens with zero attached hydrogens (tertiary/aromatic N) is 4. The molecule has 0 radical (unpaired) electrons. The average Bonchev–Trinajstić information content (AvgIpc) is 3.55. The zero-order chi connectivity index (χ0) is 24.5. The molecule has 8 nitrogen and oxygen atoms in total. The Labute approximate surface area is 218 Å². The van der Waals surface area contributed by atoms with Crippen LogP contribution in [-0.4, -0.2) is 30.8 Å². The number of rotatable bonds is 5. The van der Waals surface area contributed by atoms with Crippen molar-refractivity contribution in [2.24, 2.45) is 0 Å². The Morgan fingerprint density at radius 3 is 2.66 bits per heavy atom. The first kappa shape index (κ1) is 23.4. The lowest BCUT2D eigenvalue weighted by Crippen LogP contribution is -2.33. The van der Waals surface area contributed by atoms with Crippen LogP contribution in [0.2, 0.25) is 10.0 Å². The van der Waals surface area contributed by atoms with E-state index in [1.165, 1.54) is 11.3 Å². The van der Waals surface area contributed by atoms with Crippen LogP contribution in [0.1, 0.15) is 23.3 Å². The minimum atomic E-state index is -0.484. The van der Waals surface area contributed by atoms with Gasteiger partial charge in [0.15, 0.2) is 16.7 Å². The Kier molecular flexibility index (Phi) is 6.52. The van der Waals surface area contributed by atoms with Crippen molar-refractivity contribution in [1.29, 1.82) is 0 Å². The maximum Gasteiger partial charge on any atom is 0.293 e. The van der Waals surface area contributed by atoms with Crippen molar-refractivity contribution in [3.63, 3.8) is 0 Å². The van der Waals surface area contributed by atoms with E-state index in [9.17, 15) is 4.79 Å². The summed E-state index contributed by atoms with van der Waals surface area (Å²) >= 11 is 18.9. The summed E-state index contributed by atoms with van der Waals surface area (Å²) in [4.78, 5) is 13.3. The van der Waals surface area contributed by atoms with Gasteiger partial charge in [-0.25, -0.2) is 0 Å². The van der Waals surface area contributed by atoms with Crippen LogP contribution >= 0.6 is 46.8 Å². The number of halogens is 2. The summed E-state index contributed by atoms with van der Waals surface area (Å²) in [5, 5.41) is 20.4. The molecule has 0 atom stereocenters. The molecule has 0 bridgehead atoms. The zero-order valence-corrected chi connectivity index (χ0v) is 21.2. The van der Waals surface area contributed by atoms with E-state index in [-0.39, 0.29) is 10.9 Å². The van der Waals surface area contributed by atoms with Gasteiger partial charge in [0.2, 0.25) is 4.96 Å². The summed E-state index contributed by atoms with van der Waals surface area (Å²) in [5.74, 6) is 0.881. The first-order chi connectivity index (χ1) is 16.9. The van der Waals surface area contributed by atoms with E-state index < -0.39 is 5.91 Å². The third kappa shape index (κ3) is 4.92. The number of hydrogen-bond donors (Lipinski definition) is 2. The zero-order valence-electron chi connectivity index (χ0n) is 18.1. The molecule has 3 aromatic heterocycles. The van der Waals surface area contributed by atoms with E-state index in [4.69, 9.17) is 39.8 Å². The summed E-state index contributed by atoms with van der Waals surface area (Å²) in [6.45, 7) is 2.01. The Bertz CT molecular complexity index is 1560. The molecule has 0 saturated heterocycles. The van der Waals surface area contributed by atoms with E-state index in [0.717, 1.165) is 27.8 Å². The SMILES string of the molecule is CCc1nnc2sc(-c3ccc(NC(=S)NC(=O)c4ccc(-c5ccc(Cl)cc5Cl)o4)cc3)nn12. The fourth-order valence-corrected chi connectivity index (χ4v) is 4.89. The number of carbonyl (C=O) groups is 1. The van der Waals surface area contributed by atoms with E-state index in [2.05, 4.69) is 25.9 Å². The number of aromatic nitrogens is 4. The quantitative estimate of drug-likeness (QED) is 0.258. The normalized spacial score (nSPS) is 11.1. The molecule has 1 amide bonds.